The Labute approximate surface area is 122 Å². The van der Waals surface area contributed by atoms with Crippen molar-refractivity contribution in [2.24, 2.45) is 0 Å². The van der Waals surface area contributed by atoms with Crippen LogP contribution in [0.15, 0.2) is 42.5 Å². The highest BCUT2D eigenvalue weighted by Crippen LogP contribution is 2.10. The summed E-state index contributed by atoms with van der Waals surface area (Å²) < 4.78 is 9.63. The van der Waals surface area contributed by atoms with Crippen LogP contribution < -0.4 is 0 Å². The molecule has 0 aromatic heterocycles. The van der Waals surface area contributed by atoms with E-state index < -0.39 is 11.9 Å². The minimum Gasteiger partial charge on any atom is -0.459 e. The van der Waals surface area contributed by atoms with Gasteiger partial charge in [-0.1, -0.05) is 30.3 Å². The normalized spacial score (nSPS) is 10.3. The number of rotatable bonds is 6. The zero-order valence-corrected chi connectivity index (χ0v) is 11.9. The summed E-state index contributed by atoms with van der Waals surface area (Å²) in [4.78, 5) is 22.4. The Morgan fingerprint density at radius 1 is 1.20 bits per heavy atom. The highest BCUT2D eigenvalue weighted by atomic mass is 35.5. The maximum atomic E-state index is 11.4. The number of esters is 2. The molecular formula is C15H15ClO4. The molecule has 0 fully saturated rings. The van der Waals surface area contributed by atoms with Crippen LogP contribution in [-0.4, -0.2) is 25.2 Å². The fourth-order valence-corrected chi connectivity index (χ4v) is 1.31. The second kappa shape index (κ2) is 8.17. The van der Waals surface area contributed by atoms with Crippen molar-refractivity contribution in [1.29, 1.82) is 0 Å². The minimum atomic E-state index is -0.508. The average molecular weight is 295 g/mol. The van der Waals surface area contributed by atoms with Gasteiger partial charge in [0.2, 0.25) is 0 Å². The Morgan fingerprint density at radius 2 is 1.80 bits per heavy atom. The van der Waals surface area contributed by atoms with Crippen LogP contribution >= 0.6 is 11.6 Å². The first-order chi connectivity index (χ1) is 9.49. The van der Waals surface area contributed by atoms with Crippen LogP contribution in [0.5, 0.6) is 0 Å². The lowest BCUT2D eigenvalue weighted by Gasteiger charge is -2.04. The van der Waals surface area contributed by atoms with Gasteiger partial charge in [0.1, 0.15) is 13.2 Å². The molecule has 106 valence electrons. The molecule has 5 heteroatoms. The van der Waals surface area contributed by atoms with E-state index in [1.807, 2.05) is 0 Å². The van der Waals surface area contributed by atoms with Crippen LogP contribution in [0.4, 0.5) is 0 Å². The molecule has 1 rings (SSSR count). The highest BCUT2D eigenvalue weighted by Gasteiger charge is 2.03. The Bertz CT molecular complexity index is 517. The van der Waals surface area contributed by atoms with Gasteiger partial charge in [0.15, 0.2) is 0 Å². The molecule has 0 aliphatic heterocycles. The molecule has 0 unspecified atom stereocenters. The van der Waals surface area contributed by atoms with Crippen molar-refractivity contribution in [1.82, 2.24) is 0 Å². The molecule has 0 spiro atoms. The lowest BCUT2D eigenvalue weighted by Crippen LogP contribution is -2.12. The smallest absolute Gasteiger partial charge is 0.333 e. The first kappa shape index (κ1) is 16.0. The number of hydrogen-bond donors (Lipinski definition) is 0. The van der Waals surface area contributed by atoms with Crippen molar-refractivity contribution in [2.75, 3.05) is 13.2 Å². The molecule has 0 amide bonds. The molecule has 0 bridgehead atoms. The second-order valence-corrected chi connectivity index (χ2v) is 4.41. The molecule has 1 aromatic carbocycles. The van der Waals surface area contributed by atoms with Crippen molar-refractivity contribution < 1.29 is 19.1 Å². The van der Waals surface area contributed by atoms with E-state index in [2.05, 4.69) is 6.58 Å². The van der Waals surface area contributed by atoms with Gasteiger partial charge in [-0.25, -0.2) is 9.59 Å². The Hall–Kier alpha value is -2.07. The lowest BCUT2D eigenvalue weighted by atomic mass is 10.2. The van der Waals surface area contributed by atoms with Crippen LogP contribution in [0, 0.1) is 0 Å². The zero-order valence-electron chi connectivity index (χ0n) is 11.1. The van der Waals surface area contributed by atoms with Gasteiger partial charge in [-0.05, 0) is 30.7 Å². The van der Waals surface area contributed by atoms with Crippen molar-refractivity contribution in [3.8, 4) is 0 Å². The molecule has 0 aliphatic rings. The van der Waals surface area contributed by atoms with Gasteiger partial charge in [-0.2, -0.15) is 0 Å². The SMILES string of the molecule is C=C(C)C(=O)OCCOC(=O)/C=C/c1ccc(Cl)cc1. The Morgan fingerprint density at radius 3 is 2.40 bits per heavy atom. The summed E-state index contributed by atoms with van der Waals surface area (Å²) in [7, 11) is 0. The zero-order chi connectivity index (χ0) is 15.0. The van der Waals surface area contributed by atoms with Crippen LogP contribution in [0.25, 0.3) is 6.08 Å². The third kappa shape index (κ3) is 6.20. The van der Waals surface area contributed by atoms with Crippen LogP contribution in [-0.2, 0) is 19.1 Å². The van der Waals surface area contributed by atoms with Gasteiger partial charge in [-0.3, -0.25) is 0 Å². The summed E-state index contributed by atoms with van der Waals surface area (Å²) in [5.74, 6) is -1.01. The van der Waals surface area contributed by atoms with Crippen molar-refractivity contribution in [2.45, 2.75) is 6.92 Å². The number of carbonyl (C=O) groups is 2. The molecule has 4 nitrogen and oxygen atoms in total. The molecule has 0 N–H and O–H groups in total. The third-order valence-electron chi connectivity index (χ3n) is 2.19. The van der Waals surface area contributed by atoms with E-state index >= 15 is 0 Å². The molecular weight excluding hydrogens is 280 g/mol. The minimum absolute atomic E-state index is 0.00279. The van der Waals surface area contributed by atoms with Crippen LogP contribution in [0.1, 0.15) is 12.5 Å². The lowest BCUT2D eigenvalue weighted by molar-refractivity contribution is -0.146. The number of ether oxygens (including phenoxy) is 2. The van der Waals surface area contributed by atoms with E-state index in [9.17, 15) is 9.59 Å². The van der Waals surface area contributed by atoms with E-state index in [1.54, 1.807) is 37.3 Å². The average Bonchev–Trinajstić information content (AvgIpc) is 2.42. The summed E-state index contributed by atoms with van der Waals surface area (Å²) in [6, 6.07) is 7.01. The predicted molar refractivity (Wildman–Crippen MR) is 77.2 cm³/mol. The highest BCUT2D eigenvalue weighted by molar-refractivity contribution is 6.30. The van der Waals surface area contributed by atoms with Crippen LogP contribution in [0.2, 0.25) is 5.02 Å². The second-order valence-electron chi connectivity index (χ2n) is 3.97. The van der Waals surface area contributed by atoms with E-state index in [-0.39, 0.29) is 13.2 Å². The molecule has 0 saturated carbocycles. The molecule has 0 heterocycles. The molecule has 0 aliphatic carbocycles. The molecule has 20 heavy (non-hydrogen) atoms. The van der Waals surface area contributed by atoms with E-state index in [4.69, 9.17) is 21.1 Å². The first-order valence-electron chi connectivity index (χ1n) is 5.92. The van der Waals surface area contributed by atoms with Gasteiger partial charge in [0, 0.05) is 16.7 Å². The summed E-state index contributed by atoms with van der Waals surface area (Å²) in [6.45, 7) is 4.99. The maximum Gasteiger partial charge on any atom is 0.333 e. The monoisotopic (exact) mass is 294 g/mol. The van der Waals surface area contributed by atoms with E-state index in [0.717, 1.165) is 5.56 Å². The summed E-state index contributed by atoms with van der Waals surface area (Å²) in [6.07, 6.45) is 2.91. The fraction of sp³-hybridized carbons (Fsp3) is 0.200. The maximum absolute atomic E-state index is 11.4. The molecule has 0 saturated heterocycles. The summed E-state index contributed by atoms with van der Waals surface area (Å²) in [5.41, 5.74) is 1.14. The topological polar surface area (TPSA) is 52.6 Å². The van der Waals surface area contributed by atoms with Gasteiger partial charge >= 0.3 is 11.9 Å². The molecule has 0 radical (unpaired) electrons. The largest absolute Gasteiger partial charge is 0.459 e. The number of carbonyl (C=O) groups excluding carboxylic acids is 2. The predicted octanol–water partition coefficient (Wildman–Crippen LogP) is 3.02. The van der Waals surface area contributed by atoms with E-state index in [1.165, 1.54) is 6.08 Å². The van der Waals surface area contributed by atoms with Gasteiger partial charge < -0.3 is 9.47 Å². The van der Waals surface area contributed by atoms with Crippen molar-refractivity contribution >= 4 is 29.6 Å². The van der Waals surface area contributed by atoms with Gasteiger partial charge in [0.25, 0.3) is 0 Å². The number of hydrogen-bond acceptors (Lipinski definition) is 4. The first-order valence-corrected chi connectivity index (χ1v) is 6.30. The number of benzene rings is 1. The molecule has 1 aromatic rings. The quantitative estimate of drug-likeness (QED) is 0.460. The number of halogens is 1. The Balaban J connectivity index is 2.28. The van der Waals surface area contributed by atoms with Crippen molar-refractivity contribution in [3.05, 3.63) is 53.1 Å². The van der Waals surface area contributed by atoms with E-state index in [0.29, 0.717) is 10.6 Å². The van der Waals surface area contributed by atoms with Gasteiger partial charge in [-0.15, -0.1) is 0 Å². The van der Waals surface area contributed by atoms with Crippen molar-refractivity contribution in [3.63, 3.8) is 0 Å². The van der Waals surface area contributed by atoms with Gasteiger partial charge in [0.05, 0.1) is 0 Å². The Kier molecular flexibility index (Phi) is 6.53. The summed E-state index contributed by atoms with van der Waals surface area (Å²) >= 11 is 5.74. The third-order valence-corrected chi connectivity index (χ3v) is 2.44. The molecule has 0 atom stereocenters. The standard InChI is InChI=1S/C15H15ClO4/c1-11(2)15(18)20-10-9-19-14(17)8-5-12-3-6-13(16)7-4-12/h3-8H,1,9-10H2,2H3/b8-5+. The fourth-order valence-electron chi connectivity index (χ4n) is 1.19. The summed E-state index contributed by atoms with van der Waals surface area (Å²) in [5, 5.41) is 0.629. The van der Waals surface area contributed by atoms with Crippen LogP contribution in [0.3, 0.4) is 0 Å².